The predicted octanol–water partition coefficient (Wildman–Crippen LogP) is 2.44. The Hall–Kier alpha value is -2.00. The lowest BCUT2D eigenvalue weighted by Crippen LogP contribution is -2.10. The van der Waals surface area contributed by atoms with E-state index in [0.29, 0.717) is 12.1 Å². The third-order valence-corrected chi connectivity index (χ3v) is 2.20. The molecule has 1 atom stereocenters. The molecule has 76 valence electrons. The highest BCUT2D eigenvalue weighted by molar-refractivity contribution is 5.60. The molecule has 1 aromatic rings. The lowest BCUT2D eigenvalue weighted by atomic mass is 10.1. The number of nitriles is 2. The molecule has 15 heavy (non-hydrogen) atoms. The molecule has 1 aromatic carbocycles. The van der Waals surface area contributed by atoms with Gasteiger partial charge in [0.2, 0.25) is 0 Å². The summed E-state index contributed by atoms with van der Waals surface area (Å²) in [5.41, 5.74) is 2.41. The van der Waals surface area contributed by atoms with Crippen LogP contribution in [0.15, 0.2) is 18.2 Å². The molecule has 0 aliphatic heterocycles. The van der Waals surface area contributed by atoms with Gasteiger partial charge < -0.3 is 5.32 Å². The minimum atomic E-state index is -0.0583. The molecule has 1 N–H and O–H groups in total. The van der Waals surface area contributed by atoms with E-state index in [4.69, 9.17) is 10.5 Å². The lowest BCUT2D eigenvalue weighted by Gasteiger charge is -2.10. The van der Waals surface area contributed by atoms with Crippen LogP contribution in [-0.2, 0) is 0 Å². The summed E-state index contributed by atoms with van der Waals surface area (Å²) in [5.74, 6) is -0.0583. The first-order chi connectivity index (χ1) is 7.19. The summed E-state index contributed by atoms with van der Waals surface area (Å²) in [5, 5.41) is 20.7. The maximum atomic E-state index is 8.97. The lowest BCUT2D eigenvalue weighted by molar-refractivity contribution is 0.786. The van der Waals surface area contributed by atoms with Crippen LogP contribution in [0.1, 0.15) is 18.1 Å². The van der Waals surface area contributed by atoms with Crippen molar-refractivity contribution in [2.45, 2.75) is 13.8 Å². The molecule has 0 aromatic heterocycles. The minimum absolute atomic E-state index is 0.0583. The van der Waals surface area contributed by atoms with Gasteiger partial charge in [-0.3, -0.25) is 0 Å². The highest BCUT2D eigenvalue weighted by Crippen LogP contribution is 2.18. The summed E-state index contributed by atoms with van der Waals surface area (Å²) in [7, 11) is 0. The van der Waals surface area contributed by atoms with E-state index >= 15 is 0 Å². The molecular formula is C12H13N3. The molecule has 3 nitrogen and oxygen atoms in total. The zero-order chi connectivity index (χ0) is 11.3. The normalized spacial score (nSPS) is 11.2. The molecule has 0 fully saturated rings. The molecule has 0 saturated heterocycles. The number of nitrogens with zero attached hydrogens (tertiary/aromatic N) is 2. The first kappa shape index (κ1) is 11.1. The van der Waals surface area contributed by atoms with Gasteiger partial charge in [0.1, 0.15) is 6.07 Å². The molecule has 1 unspecified atom stereocenters. The molecule has 3 heteroatoms. The molecule has 0 heterocycles. The van der Waals surface area contributed by atoms with Crippen molar-refractivity contribution in [1.82, 2.24) is 0 Å². The Balaban J connectivity index is 2.83. The Morgan fingerprint density at radius 3 is 2.73 bits per heavy atom. The van der Waals surface area contributed by atoms with Crippen molar-refractivity contribution in [3.63, 3.8) is 0 Å². The third-order valence-electron chi connectivity index (χ3n) is 2.20. The van der Waals surface area contributed by atoms with E-state index in [1.807, 2.05) is 32.0 Å². The summed E-state index contributed by atoms with van der Waals surface area (Å²) < 4.78 is 0. The molecule has 0 spiro atoms. The third kappa shape index (κ3) is 2.72. The molecule has 1 rings (SSSR count). The number of rotatable bonds is 3. The molecule has 0 amide bonds. The Bertz CT molecular complexity index is 423. The van der Waals surface area contributed by atoms with Crippen molar-refractivity contribution in [3.05, 3.63) is 29.3 Å². The van der Waals surface area contributed by atoms with Gasteiger partial charge in [0.25, 0.3) is 0 Å². The monoisotopic (exact) mass is 199 g/mol. The highest BCUT2D eigenvalue weighted by atomic mass is 14.9. The number of nitrogens with one attached hydrogen (secondary N) is 1. The van der Waals surface area contributed by atoms with Crippen molar-refractivity contribution in [3.8, 4) is 12.1 Å². The van der Waals surface area contributed by atoms with Gasteiger partial charge in [-0.05, 0) is 25.5 Å². The van der Waals surface area contributed by atoms with Gasteiger partial charge >= 0.3 is 0 Å². The van der Waals surface area contributed by atoms with Crippen LogP contribution in [0.3, 0.4) is 0 Å². The Labute approximate surface area is 90.0 Å². The SMILES string of the molecule is Cc1cccc(NCC(C)C#N)c1C#N. The number of benzene rings is 1. The standard InChI is InChI=1S/C12H13N3/c1-9(6-13)8-15-12-5-3-4-10(2)11(12)7-14/h3-5,9,15H,8H2,1-2H3. The van der Waals surface area contributed by atoms with Gasteiger partial charge in [0.05, 0.1) is 23.2 Å². The zero-order valence-electron chi connectivity index (χ0n) is 8.91. The first-order valence-corrected chi connectivity index (χ1v) is 4.82. The van der Waals surface area contributed by atoms with E-state index in [1.54, 1.807) is 0 Å². The second-order valence-electron chi connectivity index (χ2n) is 3.52. The second kappa shape index (κ2) is 5.02. The van der Waals surface area contributed by atoms with Crippen LogP contribution in [0.2, 0.25) is 0 Å². The number of hydrogen-bond acceptors (Lipinski definition) is 3. The largest absolute Gasteiger partial charge is 0.383 e. The topological polar surface area (TPSA) is 59.6 Å². The minimum Gasteiger partial charge on any atom is -0.383 e. The Kier molecular flexibility index (Phi) is 3.71. The van der Waals surface area contributed by atoms with Crippen molar-refractivity contribution < 1.29 is 0 Å². The molecule has 0 bridgehead atoms. The average Bonchev–Trinajstić information content (AvgIpc) is 2.25. The number of hydrogen-bond donors (Lipinski definition) is 1. The summed E-state index contributed by atoms with van der Waals surface area (Å²) in [6.07, 6.45) is 0. The molecule has 0 aliphatic carbocycles. The maximum absolute atomic E-state index is 8.97. The second-order valence-corrected chi connectivity index (χ2v) is 3.52. The maximum Gasteiger partial charge on any atom is 0.102 e. The van der Waals surface area contributed by atoms with Crippen molar-refractivity contribution in [1.29, 1.82) is 10.5 Å². The summed E-state index contributed by atoms with van der Waals surface area (Å²) >= 11 is 0. The van der Waals surface area contributed by atoms with Gasteiger partial charge in [-0.15, -0.1) is 0 Å². The summed E-state index contributed by atoms with van der Waals surface area (Å²) in [6, 6.07) is 9.96. The van der Waals surface area contributed by atoms with E-state index in [9.17, 15) is 0 Å². The molecule has 0 aliphatic rings. The fourth-order valence-corrected chi connectivity index (χ4v) is 1.27. The fourth-order valence-electron chi connectivity index (χ4n) is 1.27. The van der Waals surface area contributed by atoms with E-state index in [1.165, 1.54) is 0 Å². The van der Waals surface area contributed by atoms with E-state index in [0.717, 1.165) is 11.3 Å². The molecule has 0 saturated carbocycles. The van der Waals surface area contributed by atoms with Crippen LogP contribution in [0.5, 0.6) is 0 Å². The van der Waals surface area contributed by atoms with E-state index in [-0.39, 0.29) is 5.92 Å². The first-order valence-electron chi connectivity index (χ1n) is 4.82. The zero-order valence-corrected chi connectivity index (χ0v) is 8.91. The van der Waals surface area contributed by atoms with Crippen LogP contribution in [0.25, 0.3) is 0 Å². The van der Waals surface area contributed by atoms with E-state index in [2.05, 4.69) is 17.5 Å². The van der Waals surface area contributed by atoms with Gasteiger partial charge in [-0.25, -0.2) is 0 Å². The van der Waals surface area contributed by atoms with Crippen LogP contribution in [-0.4, -0.2) is 6.54 Å². The van der Waals surface area contributed by atoms with Gasteiger partial charge in [0.15, 0.2) is 0 Å². The summed E-state index contributed by atoms with van der Waals surface area (Å²) in [4.78, 5) is 0. The smallest absolute Gasteiger partial charge is 0.102 e. The van der Waals surface area contributed by atoms with Crippen LogP contribution >= 0.6 is 0 Å². The van der Waals surface area contributed by atoms with Gasteiger partial charge in [0, 0.05) is 6.54 Å². The van der Waals surface area contributed by atoms with E-state index < -0.39 is 0 Å². The van der Waals surface area contributed by atoms with Crippen LogP contribution in [0, 0.1) is 35.5 Å². The van der Waals surface area contributed by atoms with Crippen molar-refractivity contribution in [2.24, 2.45) is 5.92 Å². The van der Waals surface area contributed by atoms with Crippen molar-refractivity contribution in [2.75, 3.05) is 11.9 Å². The number of aryl methyl sites for hydroxylation is 1. The van der Waals surface area contributed by atoms with Crippen molar-refractivity contribution >= 4 is 5.69 Å². The fraction of sp³-hybridized carbons (Fsp3) is 0.333. The Morgan fingerprint density at radius 2 is 2.13 bits per heavy atom. The quantitative estimate of drug-likeness (QED) is 0.813. The summed E-state index contributed by atoms with van der Waals surface area (Å²) in [6.45, 7) is 4.31. The number of anilines is 1. The average molecular weight is 199 g/mol. The Morgan fingerprint density at radius 1 is 1.40 bits per heavy atom. The van der Waals surface area contributed by atoms with Gasteiger partial charge in [-0.1, -0.05) is 12.1 Å². The molecule has 0 radical (unpaired) electrons. The van der Waals surface area contributed by atoms with Gasteiger partial charge in [-0.2, -0.15) is 10.5 Å². The molecular weight excluding hydrogens is 186 g/mol. The predicted molar refractivity (Wildman–Crippen MR) is 59.2 cm³/mol. The highest BCUT2D eigenvalue weighted by Gasteiger charge is 2.05. The van der Waals surface area contributed by atoms with Crippen LogP contribution < -0.4 is 5.32 Å². The van der Waals surface area contributed by atoms with Crippen LogP contribution in [0.4, 0.5) is 5.69 Å².